The Hall–Kier alpha value is -2.86. The van der Waals surface area contributed by atoms with E-state index in [0.29, 0.717) is 24.5 Å². The second kappa shape index (κ2) is 6.94. The average Bonchev–Trinajstić information content (AvgIpc) is 3.06. The summed E-state index contributed by atoms with van der Waals surface area (Å²) in [5, 5.41) is 7.91. The minimum atomic E-state index is -0.111. The fourth-order valence-electron chi connectivity index (χ4n) is 3.07. The third-order valence-corrected chi connectivity index (χ3v) is 4.31. The summed E-state index contributed by atoms with van der Waals surface area (Å²) >= 11 is 0. The van der Waals surface area contributed by atoms with Crippen molar-refractivity contribution >= 4 is 28.3 Å². The number of fused-ring (bicyclic) bond motifs is 1. The predicted octanol–water partition coefficient (Wildman–Crippen LogP) is 2.85. The summed E-state index contributed by atoms with van der Waals surface area (Å²) in [6.07, 6.45) is 0.175. The lowest BCUT2D eigenvalue weighted by Crippen LogP contribution is -2.36. The monoisotopic (exact) mass is 337 g/mol. The van der Waals surface area contributed by atoms with Crippen molar-refractivity contribution in [3.63, 3.8) is 0 Å². The van der Waals surface area contributed by atoms with E-state index in [0.717, 1.165) is 29.9 Å². The molecule has 1 amide bonds. The minimum absolute atomic E-state index is 0.111. The third-order valence-electron chi connectivity index (χ3n) is 4.31. The maximum Gasteiger partial charge on any atom is 0.230 e. The van der Waals surface area contributed by atoms with Gasteiger partial charge in [0.25, 0.3) is 0 Å². The Labute approximate surface area is 145 Å². The predicted molar refractivity (Wildman–Crippen MR) is 95.8 cm³/mol. The maximum absolute atomic E-state index is 12.5. The Morgan fingerprint density at radius 2 is 1.84 bits per heavy atom. The fourth-order valence-corrected chi connectivity index (χ4v) is 3.07. The summed E-state index contributed by atoms with van der Waals surface area (Å²) in [6.45, 7) is 3.04. The van der Waals surface area contributed by atoms with E-state index < -0.39 is 0 Å². The van der Waals surface area contributed by atoms with Crippen LogP contribution in [0.25, 0.3) is 11.0 Å². The van der Waals surface area contributed by atoms with Gasteiger partial charge in [0.15, 0.2) is 5.58 Å². The number of aromatic nitrogens is 1. The van der Waals surface area contributed by atoms with Crippen LogP contribution in [0.4, 0.5) is 11.4 Å². The van der Waals surface area contributed by atoms with Crippen LogP contribution in [0.15, 0.2) is 53.1 Å². The average molecular weight is 337 g/mol. The number of carbonyl (C=O) groups excluding carboxylic acids is 1. The van der Waals surface area contributed by atoms with Gasteiger partial charge in [-0.25, -0.2) is 0 Å². The Morgan fingerprint density at radius 1 is 1.08 bits per heavy atom. The SMILES string of the molecule is O=C(Cc1noc2ccccc12)Nc1ccccc1N1CCOCC1. The van der Waals surface area contributed by atoms with Crippen molar-refractivity contribution in [2.75, 3.05) is 36.5 Å². The largest absolute Gasteiger partial charge is 0.378 e. The van der Waals surface area contributed by atoms with Crippen molar-refractivity contribution in [1.29, 1.82) is 0 Å². The number of anilines is 2. The fraction of sp³-hybridized carbons (Fsp3) is 0.263. The van der Waals surface area contributed by atoms with Crippen LogP contribution in [-0.4, -0.2) is 37.4 Å². The van der Waals surface area contributed by atoms with Gasteiger partial charge in [-0.1, -0.05) is 29.4 Å². The molecule has 0 bridgehead atoms. The first-order chi connectivity index (χ1) is 12.3. The van der Waals surface area contributed by atoms with Gasteiger partial charge < -0.3 is 19.5 Å². The van der Waals surface area contributed by atoms with E-state index in [1.54, 1.807) is 0 Å². The van der Waals surface area contributed by atoms with Crippen LogP contribution in [0, 0.1) is 0 Å². The molecule has 0 radical (unpaired) electrons. The minimum Gasteiger partial charge on any atom is -0.378 e. The van der Waals surface area contributed by atoms with Gasteiger partial charge in [-0.3, -0.25) is 4.79 Å². The zero-order valence-electron chi connectivity index (χ0n) is 13.8. The zero-order valence-corrected chi connectivity index (χ0v) is 13.8. The molecule has 1 fully saturated rings. The van der Waals surface area contributed by atoms with E-state index in [9.17, 15) is 4.79 Å². The van der Waals surface area contributed by atoms with Crippen molar-refractivity contribution in [3.05, 3.63) is 54.2 Å². The number of nitrogens with zero attached hydrogens (tertiary/aromatic N) is 2. The second-order valence-electron chi connectivity index (χ2n) is 5.97. The standard InChI is InChI=1S/C19H19N3O3/c23-19(13-16-14-5-1-4-8-18(14)25-21-16)20-15-6-2-3-7-17(15)22-9-11-24-12-10-22/h1-8H,9-13H2,(H,20,23). The molecule has 3 aromatic rings. The van der Waals surface area contributed by atoms with Gasteiger partial charge in [0.05, 0.1) is 31.0 Å². The topological polar surface area (TPSA) is 67.6 Å². The van der Waals surface area contributed by atoms with E-state index in [1.807, 2.05) is 48.5 Å². The van der Waals surface area contributed by atoms with Crippen molar-refractivity contribution in [3.8, 4) is 0 Å². The lowest BCUT2D eigenvalue weighted by molar-refractivity contribution is -0.115. The van der Waals surface area contributed by atoms with Crippen LogP contribution in [0.2, 0.25) is 0 Å². The zero-order chi connectivity index (χ0) is 17.1. The molecule has 2 aromatic carbocycles. The highest BCUT2D eigenvalue weighted by Gasteiger charge is 2.17. The van der Waals surface area contributed by atoms with Gasteiger partial charge in [-0.15, -0.1) is 0 Å². The van der Waals surface area contributed by atoms with Gasteiger partial charge in [0.1, 0.15) is 5.69 Å². The summed E-state index contributed by atoms with van der Waals surface area (Å²) in [5.74, 6) is -0.111. The summed E-state index contributed by atoms with van der Waals surface area (Å²) < 4.78 is 10.7. The molecule has 2 heterocycles. The van der Waals surface area contributed by atoms with Crippen molar-refractivity contribution < 1.29 is 14.1 Å². The quantitative estimate of drug-likeness (QED) is 0.793. The molecule has 1 saturated heterocycles. The Bertz CT molecular complexity index is 884. The number of hydrogen-bond acceptors (Lipinski definition) is 5. The number of morpholine rings is 1. The molecule has 1 aliphatic rings. The van der Waals surface area contributed by atoms with E-state index in [-0.39, 0.29) is 12.3 Å². The molecule has 0 saturated carbocycles. The number of nitrogens with one attached hydrogen (secondary N) is 1. The van der Waals surface area contributed by atoms with Crippen molar-refractivity contribution in [2.24, 2.45) is 0 Å². The highest BCUT2D eigenvalue weighted by atomic mass is 16.5. The number of para-hydroxylation sites is 3. The van der Waals surface area contributed by atoms with Crippen LogP contribution in [0.3, 0.4) is 0 Å². The lowest BCUT2D eigenvalue weighted by Gasteiger charge is -2.30. The van der Waals surface area contributed by atoms with Gasteiger partial charge in [-0.05, 0) is 24.3 Å². The first-order valence-electron chi connectivity index (χ1n) is 8.36. The molecule has 25 heavy (non-hydrogen) atoms. The Morgan fingerprint density at radius 3 is 2.72 bits per heavy atom. The number of carbonyl (C=O) groups is 1. The van der Waals surface area contributed by atoms with E-state index >= 15 is 0 Å². The number of amides is 1. The summed E-state index contributed by atoms with van der Waals surface area (Å²) in [6, 6.07) is 15.4. The highest BCUT2D eigenvalue weighted by Crippen LogP contribution is 2.27. The first-order valence-corrected chi connectivity index (χ1v) is 8.36. The van der Waals surface area contributed by atoms with E-state index in [4.69, 9.17) is 9.26 Å². The van der Waals surface area contributed by atoms with Crippen LogP contribution in [-0.2, 0) is 16.0 Å². The van der Waals surface area contributed by atoms with Crippen LogP contribution in [0.1, 0.15) is 5.69 Å². The molecule has 4 rings (SSSR count). The van der Waals surface area contributed by atoms with Gasteiger partial charge in [0, 0.05) is 18.5 Å². The summed E-state index contributed by atoms with van der Waals surface area (Å²) in [7, 11) is 0. The molecule has 0 spiro atoms. The third kappa shape index (κ3) is 3.34. The molecular weight excluding hydrogens is 318 g/mol. The number of rotatable bonds is 4. The molecule has 1 aliphatic heterocycles. The molecule has 128 valence electrons. The number of benzene rings is 2. The van der Waals surface area contributed by atoms with Gasteiger partial charge in [0.2, 0.25) is 5.91 Å². The number of hydrogen-bond donors (Lipinski definition) is 1. The normalized spacial score (nSPS) is 14.6. The molecule has 0 atom stereocenters. The molecule has 0 unspecified atom stereocenters. The van der Waals surface area contributed by atoms with Gasteiger partial charge >= 0.3 is 0 Å². The molecule has 1 N–H and O–H groups in total. The van der Waals surface area contributed by atoms with Crippen molar-refractivity contribution in [2.45, 2.75) is 6.42 Å². The highest BCUT2D eigenvalue weighted by molar-refractivity contribution is 5.97. The second-order valence-corrected chi connectivity index (χ2v) is 5.97. The van der Waals surface area contributed by atoms with Gasteiger partial charge in [-0.2, -0.15) is 0 Å². The molecular formula is C19H19N3O3. The summed E-state index contributed by atoms with van der Waals surface area (Å²) in [5.41, 5.74) is 3.17. The summed E-state index contributed by atoms with van der Waals surface area (Å²) in [4.78, 5) is 14.7. The van der Waals surface area contributed by atoms with Crippen LogP contribution in [0.5, 0.6) is 0 Å². The van der Waals surface area contributed by atoms with Crippen LogP contribution >= 0.6 is 0 Å². The lowest BCUT2D eigenvalue weighted by atomic mass is 10.1. The molecule has 0 aliphatic carbocycles. The first kappa shape index (κ1) is 15.7. The maximum atomic E-state index is 12.5. The van der Waals surface area contributed by atoms with Crippen LogP contribution < -0.4 is 10.2 Å². The van der Waals surface area contributed by atoms with Crippen molar-refractivity contribution in [1.82, 2.24) is 5.16 Å². The smallest absolute Gasteiger partial charge is 0.230 e. The molecule has 6 heteroatoms. The Kier molecular flexibility index (Phi) is 4.35. The Balaban J connectivity index is 1.51. The number of ether oxygens (including phenoxy) is 1. The molecule has 1 aromatic heterocycles. The molecule has 6 nitrogen and oxygen atoms in total. The van der Waals surface area contributed by atoms with E-state index in [1.165, 1.54) is 0 Å². The van der Waals surface area contributed by atoms with E-state index in [2.05, 4.69) is 15.4 Å².